The van der Waals surface area contributed by atoms with Gasteiger partial charge in [-0.25, -0.2) is 0 Å². The highest BCUT2D eigenvalue weighted by Gasteiger charge is 2.18. The number of para-hydroxylation sites is 2. The highest BCUT2D eigenvalue weighted by atomic mass is 15.0. The lowest BCUT2D eigenvalue weighted by atomic mass is 9.91. The molecule has 2 aromatic heterocycles. The van der Waals surface area contributed by atoms with Gasteiger partial charge < -0.3 is 9.13 Å². The molecular weight excluding hydrogens is 821 g/mol. The summed E-state index contributed by atoms with van der Waals surface area (Å²) in [7, 11) is 0. The predicted octanol–water partition coefficient (Wildman–Crippen LogP) is 17.9. The van der Waals surface area contributed by atoms with Gasteiger partial charge in [-0.05, 0) is 164 Å². The van der Waals surface area contributed by atoms with E-state index in [1.165, 1.54) is 110 Å². The molecule has 318 valence electrons. The first-order valence-electron chi connectivity index (χ1n) is 23.4. The van der Waals surface area contributed by atoms with E-state index in [1.54, 1.807) is 0 Å². The van der Waals surface area contributed by atoms with Crippen molar-refractivity contribution in [2.45, 2.75) is 0 Å². The summed E-state index contributed by atoms with van der Waals surface area (Å²) >= 11 is 0. The fraction of sp³-hybridized carbons (Fsp3) is 0. The molecule has 0 aliphatic heterocycles. The fourth-order valence-corrected chi connectivity index (χ4v) is 10.4. The summed E-state index contributed by atoms with van der Waals surface area (Å²) in [5.74, 6) is 0. The maximum Gasteiger partial charge on any atom is 0.0541 e. The van der Waals surface area contributed by atoms with Gasteiger partial charge >= 0.3 is 0 Å². The van der Waals surface area contributed by atoms with Crippen LogP contribution < -0.4 is 0 Å². The van der Waals surface area contributed by atoms with Crippen molar-refractivity contribution in [3.63, 3.8) is 0 Å². The second kappa shape index (κ2) is 16.5. The number of benzene rings is 11. The van der Waals surface area contributed by atoms with E-state index in [9.17, 15) is 0 Å². The first-order chi connectivity index (χ1) is 33.7. The quantitative estimate of drug-likeness (QED) is 0.144. The lowest BCUT2D eigenvalue weighted by Crippen LogP contribution is -1.93. The van der Waals surface area contributed by atoms with Crippen LogP contribution in [0.2, 0.25) is 0 Å². The first-order valence-corrected chi connectivity index (χ1v) is 23.4. The molecule has 13 aromatic rings. The summed E-state index contributed by atoms with van der Waals surface area (Å²) in [4.78, 5) is 0. The monoisotopic (exact) mass is 864 g/mol. The van der Waals surface area contributed by atoms with Gasteiger partial charge in [0.2, 0.25) is 0 Å². The van der Waals surface area contributed by atoms with Gasteiger partial charge in [0.15, 0.2) is 0 Å². The third kappa shape index (κ3) is 6.90. The molecule has 0 bridgehead atoms. The molecule has 2 heteroatoms. The Morgan fingerprint density at radius 3 is 0.721 bits per heavy atom. The Kier molecular flexibility index (Phi) is 9.54. The Morgan fingerprint density at radius 1 is 0.162 bits per heavy atom. The van der Waals surface area contributed by atoms with E-state index in [0.29, 0.717) is 0 Å². The topological polar surface area (TPSA) is 9.86 Å². The molecule has 0 spiro atoms. The summed E-state index contributed by atoms with van der Waals surface area (Å²) in [6.07, 6.45) is 0. The molecular formula is C66H44N2. The third-order valence-corrected chi connectivity index (χ3v) is 13.7. The van der Waals surface area contributed by atoms with Gasteiger partial charge in [-0.2, -0.15) is 0 Å². The maximum atomic E-state index is 2.41. The van der Waals surface area contributed by atoms with Crippen molar-refractivity contribution in [3.8, 4) is 78.1 Å². The van der Waals surface area contributed by atoms with Crippen LogP contribution in [0.3, 0.4) is 0 Å². The van der Waals surface area contributed by atoms with Crippen LogP contribution in [-0.2, 0) is 0 Å². The number of hydrogen-bond donors (Lipinski definition) is 0. The zero-order valence-corrected chi connectivity index (χ0v) is 37.3. The van der Waals surface area contributed by atoms with Gasteiger partial charge in [0.05, 0.1) is 22.1 Å². The van der Waals surface area contributed by atoms with Gasteiger partial charge in [0, 0.05) is 32.9 Å². The summed E-state index contributed by atoms with van der Waals surface area (Å²) in [5.41, 5.74) is 21.3. The first kappa shape index (κ1) is 39.4. The highest BCUT2D eigenvalue weighted by Crippen LogP contribution is 2.42. The zero-order valence-electron chi connectivity index (χ0n) is 37.3. The standard InChI is InChI=1S/C66H44N2/c1-6-17-45(18-7-1)48-23-16-24-49(37-48)54-38-55(52-31-35-65-61(43-52)59-41-50(46-19-8-2-9-20-46)29-33-63(59)67(65)57-25-12-4-13-26-57)40-56(39-54)53-32-36-66-62(44-53)60-42-51(47-21-10-3-11-22-47)30-34-64(60)68(66)58-27-14-5-15-28-58/h1-44H. The van der Waals surface area contributed by atoms with E-state index in [1.807, 2.05) is 0 Å². The van der Waals surface area contributed by atoms with E-state index >= 15 is 0 Å². The van der Waals surface area contributed by atoms with Crippen molar-refractivity contribution in [2.75, 3.05) is 0 Å². The lowest BCUT2D eigenvalue weighted by Gasteiger charge is -2.13. The molecule has 13 rings (SSSR count). The Balaban J connectivity index is 1.03. The van der Waals surface area contributed by atoms with Crippen LogP contribution in [0, 0.1) is 0 Å². The van der Waals surface area contributed by atoms with E-state index in [4.69, 9.17) is 0 Å². The third-order valence-electron chi connectivity index (χ3n) is 13.7. The van der Waals surface area contributed by atoms with Gasteiger partial charge in [-0.1, -0.05) is 170 Å². The Labute approximate surface area is 395 Å². The molecule has 0 atom stereocenters. The SMILES string of the molecule is c1ccc(-c2cccc(-c3cc(-c4ccc5c(c4)c4cc(-c6ccccc6)ccc4n5-c4ccccc4)cc(-c4ccc5c(c4)c4cc(-c6ccccc6)ccc4n5-c4ccccc4)c3)c2)cc1. The van der Waals surface area contributed by atoms with E-state index in [-0.39, 0.29) is 0 Å². The molecule has 2 heterocycles. The summed E-state index contributed by atoms with van der Waals surface area (Å²) in [6.45, 7) is 0. The zero-order chi connectivity index (χ0) is 45.0. The Morgan fingerprint density at radius 2 is 0.397 bits per heavy atom. The van der Waals surface area contributed by atoms with Crippen LogP contribution in [0.25, 0.3) is 122 Å². The molecule has 11 aromatic carbocycles. The summed E-state index contributed by atoms with van der Waals surface area (Å²) in [6, 6.07) is 97.6. The van der Waals surface area contributed by atoms with E-state index < -0.39 is 0 Å². The number of nitrogens with zero attached hydrogens (tertiary/aromatic N) is 2. The lowest BCUT2D eigenvalue weighted by molar-refractivity contribution is 1.18. The predicted molar refractivity (Wildman–Crippen MR) is 288 cm³/mol. The van der Waals surface area contributed by atoms with Crippen LogP contribution in [-0.4, -0.2) is 9.13 Å². The van der Waals surface area contributed by atoms with Crippen LogP contribution in [0.4, 0.5) is 0 Å². The molecule has 0 amide bonds. The maximum absolute atomic E-state index is 2.41. The number of fused-ring (bicyclic) bond motifs is 6. The minimum Gasteiger partial charge on any atom is -0.309 e. The van der Waals surface area contributed by atoms with Gasteiger partial charge in [-0.15, -0.1) is 0 Å². The van der Waals surface area contributed by atoms with E-state index in [2.05, 4.69) is 276 Å². The smallest absolute Gasteiger partial charge is 0.0541 e. The van der Waals surface area contributed by atoms with E-state index in [0.717, 1.165) is 11.4 Å². The van der Waals surface area contributed by atoms with Crippen molar-refractivity contribution in [2.24, 2.45) is 0 Å². The fourth-order valence-electron chi connectivity index (χ4n) is 10.4. The normalized spacial score (nSPS) is 11.5. The number of aromatic nitrogens is 2. The molecule has 0 aliphatic rings. The van der Waals surface area contributed by atoms with Crippen molar-refractivity contribution >= 4 is 43.6 Å². The van der Waals surface area contributed by atoms with Crippen molar-refractivity contribution in [3.05, 3.63) is 267 Å². The molecule has 0 N–H and O–H groups in total. The molecule has 0 unspecified atom stereocenters. The molecule has 68 heavy (non-hydrogen) atoms. The molecule has 0 radical (unpaired) electrons. The average Bonchev–Trinajstić information content (AvgIpc) is 3.93. The number of hydrogen-bond acceptors (Lipinski definition) is 0. The van der Waals surface area contributed by atoms with Crippen LogP contribution in [0.5, 0.6) is 0 Å². The highest BCUT2D eigenvalue weighted by molar-refractivity contribution is 6.13. The molecule has 0 fully saturated rings. The minimum absolute atomic E-state index is 1.15. The van der Waals surface area contributed by atoms with Gasteiger partial charge in [0.25, 0.3) is 0 Å². The van der Waals surface area contributed by atoms with Gasteiger partial charge in [-0.3, -0.25) is 0 Å². The minimum atomic E-state index is 1.15. The Hall–Kier alpha value is -8.98. The molecule has 0 saturated carbocycles. The van der Waals surface area contributed by atoms with Crippen LogP contribution in [0.15, 0.2) is 267 Å². The van der Waals surface area contributed by atoms with Crippen LogP contribution >= 0.6 is 0 Å². The van der Waals surface area contributed by atoms with Gasteiger partial charge in [0.1, 0.15) is 0 Å². The molecule has 2 nitrogen and oxygen atoms in total. The van der Waals surface area contributed by atoms with Crippen molar-refractivity contribution < 1.29 is 0 Å². The average molecular weight is 865 g/mol. The number of rotatable bonds is 8. The largest absolute Gasteiger partial charge is 0.309 e. The Bertz CT molecular complexity index is 3760. The van der Waals surface area contributed by atoms with Crippen molar-refractivity contribution in [1.82, 2.24) is 9.13 Å². The molecule has 0 saturated heterocycles. The summed E-state index contributed by atoms with van der Waals surface area (Å²) in [5, 5.41) is 4.91. The second-order valence-electron chi connectivity index (χ2n) is 17.7. The van der Waals surface area contributed by atoms with Crippen LogP contribution in [0.1, 0.15) is 0 Å². The van der Waals surface area contributed by atoms with Crippen molar-refractivity contribution in [1.29, 1.82) is 0 Å². The molecule has 0 aliphatic carbocycles. The second-order valence-corrected chi connectivity index (χ2v) is 17.7. The summed E-state index contributed by atoms with van der Waals surface area (Å²) < 4.78 is 4.81.